The second kappa shape index (κ2) is 14.2. The fraction of sp³-hybridized carbons (Fsp3) is 0.676. The first kappa shape index (κ1) is 37.1. The molecular formula is C37H53N5O8. The van der Waals surface area contributed by atoms with Crippen LogP contribution in [0.3, 0.4) is 0 Å². The number of esters is 1. The third kappa shape index (κ3) is 7.91. The van der Waals surface area contributed by atoms with E-state index in [0.29, 0.717) is 31.6 Å². The average molecular weight is 696 g/mol. The standard InChI is InChI=1S/C37H53N5O8/c1-35(2,3)29(40-34(48)41-37(16-8-7-9-17-37)33(47)50-20-22-12-14-23(49-6)15-13-22)32(46)42-19-24-26(36(24,4)5)27(42)31(45)39-25(18-21-10-11-21)28(43)30(38)44/h12-15,21,24-27,29H,7-11,16-20H2,1-6H3,(H2,38,44)(H,39,45)(H2,40,41,48)/t24-,25?,26-,27-,29+/m0/s1. The lowest BCUT2D eigenvalue weighted by molar-refractivity contribution is -0.154. The molecule has 274 valence electrons. The molecule has 1 aliphatic heterocycles. The number of nitrogens with zero attached hydrogens (tertiary/aromatic N) is 1. The summed E-state index contributed by atoms with van der Waals surface area (Å²) in [6.45, 7) is 9.90. The highest BCUT2D eigenvalue weighted by Crippen LogP contribution is 2.65. The van der Waals surface area contributed by atoms with E-state index in [9.17, 15) is 28.8 Å². The minimum atomic E-state index is -1.26. The predicted octanol–water partition coefficient (Wildman–Crippen LogP) is 2.98. The molecule has 0 spiro atoms. The van der Waals surface area contributed by atoms with Crippen LogP contribution >= 0.6 is 0 Å². The number of piperidine rings is 1. The number of primary amides is 1. The number of nitrogens with one attached hydrogen (secondary N) is 3. The summed E-state index contributed by atoms with van der Waals surface area (Å²) in [5.41, 5.74) is 3.85. The van der Waals surface area contributed by atoms with Crippen molar-refractivity contribution in [3.8, 4) is 5.75 Å². The Morgan fingerprint density at radius 2 is 1.62 bits per heavy atom. The van der Waals surface area contributed by atoms with E-state index >= 15 is 0 Å². The monoisotopic (exact) mass is 695 g/mol. The van der Waals surface area contributed by atoms with E-state index < -0.39 is 64.6 Å². The van der Waals surface area contributed by atoms with Crippen LogP contribution in [-0.4, -0.2) is 77.7 Å². The van der Waals surface area contributed by atoms with Crippen LogP contribution in [0.5, 0.6) is 5.75 Å². The van der Waals surface area contributed by atoms with Crippen molar-refractivity contribution in [1.82, 2.24) is 20.9 Å². The summed E-state index contributed by atoms with van der Waals surface area (Å²) in [6.07, 6.45) is 5.31. The van der Waals surface area contributed by atoms with Gasteiger partial charge < -0.3 is 36.1 Å². The van der Waals surface area contributed by atoms with Crippen LogP contribution in [-0.2, 0) is 35.3 Å². The van der Waals surface area contributed by atoms with Gasteiger partial charge in [-0.05, 0) is 65.5 Å². The SMILES string of the molecule is COc1ccc(COC(=O)C2(NC(=O)N[C@H](C(=O)N3C[C@H]4[C@@H]([C@H]3C(=O)NC(CC3CC3)C(=O)C(N)=O)C4(C)C)C(C)(C)C)CCCCC2)cc1. The number of ether oxygens (including phenoxy) is 2. The first-order chi connectivity index (χ1) is 23.5. The molecule has 0 bridgehead atoms. The van der Waals surface area contributed by atoms with E-state index in [2.05, 4.69) is 16.0 Å². The van der Waals surface area contributed by atoms with Gasteiger partial charge in [0.25, 0.3) is 5.91 Å². The number of rotatable bonds is 13. The maximum Gasteiger partial charge on any atom is 0.332 e. The van der Waals surface area contributed by atoms with E-state index in [4.69, 9.17) is 15.2 Å². The van der Waals surface area contributed by atoms with Gasteiger partial charge in [-0.25, -0.2) is 9.59 Å². The van der Waals surface area contributed by atoms with E-state index in [0.717, 1.165) is 37.7 Å². The highest BCUT2D eigenvalue weighted by molar-refractivity contribution is 6.37. The number of Topliss-reactive ketones (excluding diaryl/α,β-unsaturated/α-hetero) is 1. The lowest BCUT2D eigenvalue weighted by atomic mass is 9.81. The van der Waals surface area contributed by atoms with Crippen molar-refractivity contribution in [2.24, 2.45) is 34.3 Å². The Kier molecular flexibility index (Phi) is 10.6. The molecule has 1 aromatic rings. The summed E-state index contributed by atoms with van der Waals surface area (Å²) in [7, 11) is 1.57. The van der Waals surface area contributed by atoms with Crippen LogP contribution < -0.4 is 26.4 Å². The minimum Gasteiger partial charge on any atom is -0.497 e. The Morgan fingerprint density at radius 1 is 0.980 bits per heavy atom. The van der Waals surface area contributed by atoms with Crippen molar-refractivity contribution in [2.45, 2.75) is 116 Å². The molecule has 1 aromatic carbocycles. The van der Waals surface area contributed by atoms with E-state index in [1.54, 1.807) is 31.4 Å². The molecule has 5 atom stereocenters. The summed E-state index contributed by atoms with van der Waals surface area (Å²) >= 11 is 0. The number of hydrogen-bond acceptors (Lipinski definition) is 8. The second-order valence-electron chi connectivity index (χ2n) is 16.3. The lowest BCUT2D eigenvalue weighted by Gasteiger charge is -2.39. The third-order valence-corrected chi connectivity index (χ3v) is 11.3. The van der Waals surface area contributed by atoms with Gasteiger partial charge in [0.2, 0.25) is 17.6 Å². The largest absolute Gasteiger partial charge is 0.497 e. The molecule has 1 saturated heterocycles. The topological polar surface area (TPSA) is 186 Å². The van der Waals surface area contributed by atoms with Crippen molar-refractivity contribution >= 4 is 35.5 Å². The Hall–Kier alpha value is -4.16. The van der Waals surface area contributed by atoms with Gasteiger partial charge >= 0.3 is 12.0 Å². The van der Waals surface area contributed by atoms with Crippen molar-refractivity contribution in [3.63, 3.8) is 0 Å². The third-order valence-electron chi connectivity index (χ3n) is 11.3. The van der Waals surface area contributed by atoms with Crippen molar-refractivity contribution in [3.05, 3.63) is 29.8 Å². The molecule has 5 amide bonds. The molecule has 1 heterocycles. The number of likely N-dealkylation sites (tertiary alicyclic amines) is 1. The molecule has 4 aliphatic rings. The van der Waals surface area contributed by atoms with E-state index in [1.807, 2.05) is 34.6 Å². The molecule has 0 aromatic heterocycles. The van der Waals surface area contributed by atoms with Crippen LogP contribution in [0.25, 0.3) is 0 Å². The molecule has 13 nitrogen and oxygen atoms in total. The normalized spacial score (nSPS) is 24.5. The van der Waals surface area contributed by atoms with Crippen LogP contribution in [0, 0.1) is 28.6 Å². The highest BCUT2D eigenvalue weighted by atomic mass is 16.5. The van der Waals surface area contributed by atoms with Gasteiger partial charge in [-0.2, -0.15) is 0 Å². The average Bonchev–Trinajstić information content (AvgIpc) is 3.92. The van der Waals surface area contributed by atoms with Gasteiger partial charge in [-0.3, -0.25) is 19.2 Å². The Balaban J connectivity index is 1.30. The Labute approximate surface area is 294 Å². The molecule has 5 rings (SSSR count). The van der Waals surface area contributed by atoms with E-state index in [-0.39, 0.29) is 29.8 Å². The maximum absolute atomic E-state index is 14.4. The predicted molar refractivity (Wildman–Crippen MR) is 183 cm³/mol. The summed E-state index contributed by atoms with van der Waals surface area (Å²) in [6, 6.07) is 3.49. The number of fused-ring (bicyclic) bond motifs is 1. The highest BCUT2D eigenvalue weighted by Gasteiger charge is 2.70. The Bertz CT molecular complexity index is 1490. The lowest BCUT2D eigenvalue weighted by Crippen LogP contribution is -2.64. The number of benzene rings is 1. The number of methoxy groups -OCH3 is 1. The van der Waals surface area contributed by atoms with Crippen molar-refractivity contribution < 1.29 is 38.2 Å². The molecule has 4 fully saturated rings. The smallest absolute Gasteiger partial charge is 0.332 e. The first-order valence-corrected chi connectivity index (χ1v) is 17.8. The van der Waals surface area contributed by atoms with Crippen molar-refractivity contribution in [1.29, 1.82) is 0 Å². The Morgan fingerprint density at radius 3 is 2.18 bits per heavy atom. The molecule has 13 heteroatoms. The summed E-state index contributed by atoms with van der Waals surface area (Å²) < 4.78 is 10.9. The quantitative estimate of drug-likeness (QED) is 0.179. The number of urea groups is 1. The zero-order valence-electron chi connectivity index (χ0n) is 30.1. The summed E-state index contributed by atoms with van der Waals surface area (Å²) in [4.78, 5) is 81.6. The van der Waals surface area contributed by atoms with Gasteiger partial charge in [-0.15, -0.1) is 0 Å². The zero-order valence-corrected chi connectivity index (χ0v) is 30.1. The molecule has 1 unspecified atom stereocenters. The minimum absolute atomic E-state index is 0.0284. The summed E-state index contributed by atoms with van der Waals surface area (Å²) in [5.74, 6) is -2.62. The van der Waals surface area contributed by atoms with Gasteiger partial charge in [0.15, 0.2) is 0 Å². The van der Waals surface area contributed by atoms with E-state index in [1.165, 1.54) is 4.90 Å². The van der Waals surface area contributed by atoms with Gasteiger partial charge in [0, 0.05) is 6.54 Å². The summed E-state index contributed by atoms with van der Waals surface area (Å²) in [5, 5.41) is 8.52. The zero-order chi connectivity index (χ0) is 36.6. The molecule has 5 N–H and O–H groups in total. The van der Waals surface area contributed by atoms with Crippen molar-refractivity contribution in [2.75, 3.05) is 13.7 Å². The van der Waals surface area contributed by atoms with Gasteiger partial charge in [0.1, 0.15) is 30.0 Å². The number of amides is 5. The molecular weight excluding hydrogens is 642 g/mol. The molecule has 3 aliphatic carbocycles. The second-order valence-corrected chi connectivity index (χ2v) is 16.3. The van der Waals surface area contributed by atoms with Gasteiger partial charge in [-0.1, -0.05) is 78.9 Å². The number of ketones is 1. The molecule has 0 radical (unpaired) electrons. The molecule has 50 heavy (non-hydrogen) atoms. The first-order valence-electron chi connectivity index (χ1n) is 17.8. The number of nitrogens with two attached hydrogens (primary N) is 1. The van der Waals surface area contributed by atoms with Crippen LogP contribution in [0.15, 0.2) is 24.3 Å². The number of carbonyl (C=O) groups is 6. The maximum atomic E-state index is 14.4. The fourth-order valence-electron chi connectivity index (χ4n) is 7.90. The van der Waals surface area contributed by atoms with Crippen LogP contribution in [0.1, 0.15) is 91.5 Å². The molecule has 3 saturated carbocycles. The van der Waals surface area contributed by atoms with Crippen LogP contribution in [0.2, 0.25) is 0 Å². The number of carbonyl (C=O) groups excluding carboxylic acids is 6. The number of hydrogen-bond donors (Lipinski definition) is 4. The van der Waals surface area contributed by atoms with Crippen LogP contribution in [0.4, 0.5) is 4.79 Å². The fourth-order valence-corrected chi connectivity index (χ4v) is 7.90. The van der Waals surface area contributed by atoms with Gasteiger partial charge in [0.05, 0.1) is 13.2 Å².